The second kappa shape index (κ2) is 6.14. The molecule has 0 spiro atoms. The van der Waals surface area contributed by atoms with Crippen molar-refractivity contribution >= 4 is 17.6 Å². The lowest BCUT2D eigenvalue weighted by Gasteiger charge is -2.05. The summed E-state index contributed by atoms with van der Waals surface area (Å²) in [6.45, 7) is -0.236. The minimum atomic E-state index is -0.556. The van der Waals surface area contributed by atoms with Crippen molar-refractivity contribution in [1.29, 1.82) is 0 Å². The fourth-order valence-electron chi connectivity index (χ4n) is 1.12. The molecule has 0 heterocycles. The van der Waals surface area contributed by atoms with Crippen molar-refractivity contribution in [2.45, 2.75) is 0 Å². The third-order valence-corrected chi connectivity index (χ3v) is 1.92. The van der Waals surface area contributed by atoms with Crippen molar-refractivity contribution in [2.24, 2.45) is 5.11 Å². The molecule has 1 rings (SSSR count). The van der Waals surface area contributed by atoms with E-state index in [1.807, 2.05) is 0 Å². The number of benzene rings is 1. The first-order chi connectivity index (χ1) is 8.19. The maximum Gasteiger partial charge on any atom is 0.325 e. The highest BCUT2D eigenvalue weighted by molar-refractivity contribution is 6.00. The maximum atomic E-state index is 11.7. The standard InChI is InChI=1S/C10H10N4O3/c1-17-9(15)6-12-10(16)7-4-2-3-5-8(7)13-14-11/h2-5H,6H2,1H3,(H,12,16). The number of nitrogens with zero attached hydrogens (tertiary/aromatic N) is 3. The van der Waals surface area contributed by atoms with Crippen molar-refractivity contribution < 1.29 is 14.3 Å². The molecule has 0 saturated heterocycles. The molecule has 88 valence electrons. The van der Waals surface area contributed by atoms with E-state index in [9.17, 15) is 9.59 Å². The third-order valence-electron chi connectivity index (χ3n) is 1.92. The highest BCUT2D eigenvalue weighted by Gasteiger charge is 2.10. The number of carbonyl (C=O) groups is 2. The first-order valence-electron chi connectivity index (χ1n) is 4.68. The van der Waals surface area contributed by atoms with Crippen LogP contribution in [0, 0.1) is 0 Å². The number of carbonyl (C=O) groups excluding carboxylic acids is 2. The van der Waals surface area contributed by atoms with Crippen molar-refractivity contribution in [3.8, 4) is 0 Å². The zero-order valence-corrected chi connectivity index (χ0v) is 9.08. The number of hydrogen-bond acceptors (Lipinski definition) is 4. The Labute approximate surface area is 97.0 Å². The molecule has 0 fully saturated rings. The van der Waals surface area contributed by atoms with E-state index in [1.165, 1.54) is 19.2 Å². The molecule has 1 N–H and O–H groups in total. The number of ether oxygens (including phenoxy) is 1. The predicted molar refractivity (Wildman–Crippen MR) is 59.6 cm³/mol. The van der Waals surface area contributed by atoms with Gasteiger partial charge < -0.3 is 10.1 Å². The lowest BCUT2D eigenvalue weighted by molar-refractivity contribution is -0.139. The van der Waals surface area contributed by atoms with Crippen LogP contribution in [0.2, 0.25) is 0 Å². The number of esters is 1. The Kier molecular flexibility index (Phi) is 4.53. The highest BCUT2D eigenvalue weighted by atomic mass is 16.5. The molecule has 17 heavy (non-hydrogen) atoms. The van der Waals surface area contributed by atoms with Crippen molar-refractivity contribution in [3.63, 3.8) is 0 Å². The maximum absolute atomic E-state index is 11.7. The second-order valence-corrected chi connectivity index (χ2v) is 2.97. The van der Waals surface area contributed by atoms with Crippen molar-refractivity contribution in [3.05, 3.63) is 40.3 Å². The Bertz CT molecular complexity index is 480. The third kappa shape index (κ3) is 3.51. The minimum absolute atomic E-state index is 0.203. The van der Waals surface area contributed by atoms with Crippen LogP contribution < -0.4 is 5.32 Å². The molecule has 0 bridgehead atoms. The van der Waals surface area contributed by atoms with E-state index >= 15 is 0 Å². The SMILES string of the molecule is COC(=O)CNC(=O)c1ccccc1N=[N+]=[N-]. The lowest BCUT2D eigenvalue weighted by atomic mass is 10.1. The molecule has 7 nitrogen and oxygen atoms in total. The van der Waals surface area contributed by atoms with Crippen LogP contribution in [0.4, 0.5) is 5.69 Å². The number of azide groups is 1. The zero-order valence-electron chi connectivity index (χ0n) is 9.08. The molecule has 0 aliphatic rings. The summed E-state index contributed by atoms with van der Waals surface area (Å²) in [6, 6.07) is 6.27. The van der Waals surface area contributed by atoms with Crippen LogP contribution in [-0.4, -0.2) is 25.5 Å². The van der Waals surface area contributed by atoms with Crippen molar-refractivity contribution in [2.75, 3.05) is 13.7 Å². The van der Waals surface area contributed by atoms with Crippen LogP contribution in [0.15, 0.2) is 29.4 Å². The molecular weight excluding hydrogens is 224 g/mol. The molecule has 0 atom stereocenters. The van der Waals surface area contributed by atoms with Gasteiger partial charge >= 0.3 is 5.97 Å². The molecule has 1 aromatic carbocycles. The first kappa shape index (κ1) is 12.5. The van der Waals surface area contributed by atoms with E-state index < -0.39 is 11.9 Å². The fourth-order valence-corrected chi connectivity index (χ4v) is 1.12. The quantitative estimate of drug-likeness (QED) is 0.369. The van der Waals surface area contributed by atoms with E-state index in [-0.39, 0.29) is 17.8 Å². The molecule has 1 aromatic rings. The normalized spacial score (nSPS) is 9.00. The first-order valence-corrected chi connectivity index (χ1v) is 4.68. The summed E-state index contributed by atoms with van der Waals surface area (Å²) in [4.78, 5) is 25.1. The summed E-state index contributed by atoms with van der Waals surface area (Å²) < 4.78 is 4.38. The van der Waals surface area contributed by atoms with Gasteiger partial charge in [-0.15, -0.1) is 0 Å². The van der Waals surface area contributed by atoms with E-state index in [2.05, 4.69) is 20.1 Å². The number of rotatable bonds is 4. The molecule has 0 saturated carbocycles. The number of hydrogen-bond donors (Lipinski definition) is 1. The van der Waals surface area contributed by atoms with Crippen LogP contribution >= 0.6 is 0 Å². The van der Waals surface area contributed by atoms with Gasteiger partial charge in [0.15, 0.2) is 0 Å². The van der Waals surface area contributed by atoms with Gasteiger partial charge in [0, 0.05) is 10.5 Å². The number of nitrogens with one attached hydrogen (secondary N) is 1. The van der Waals surface area contributed by atoms with Crippen LogP contribution in [0.3, 0.4) is 0 Å². The van der Waals surface area contributed by atoms with Gasteiger partial charge in [-0.3, -0.25) is 9.59 Å². The molecule has 1 amide bonds. The lowest BCUT2D eigenvalue weighted by Crippen LogP contribution is -2.30. The van der Waals surface area contributed by atoms with Gasteiger partial charge in [-0.05, 0) is 11.6 Å². The number of methoxy groups -OCH3 is 1. The average Bonchev–Trinajstić information content (AvgIpc) is 2.36. The zero-order chi connectivity index (χ0) is 12.7. The molecular formula is C10H10N4O3. The van der Waals surface area contributed by atoms with Gasteiger partial charge in [-0.25, -0.2) is 0 Å². The van der Waals surface area contributed by atoms with E-state index in [0.29, 0.717) is 0 Å². The summed E-state index contributed by atoms with van der Waals surface area (Å²) >= 11 is 0. The molecule has 0 aromatic heterocycles. The van der Waals surface area contributed by atoms with Gasteiger partial charge in [0.1, 0.15) is 6.54 Å². The predicted octanol–water partition coefficient (Wildman–Crippen LogP) is 1.53. The Balaban J connectivity index is 2.81. The molecule has 0 aliphatic heterocycles. The van der Waals surface area contributed by atoms with Crippen LogP contribution in [0.1, 0.15) is 10.4 Å². The van der Waals surface area contributed by atoms with Crippen LogP contribution in [0.25, 0.3) is 10.4 Å². The van der Waals surface area contributed by atoms with E-state index in [4.69, 9.17) is 5.53 Å². The van der Waals surface area contributed by atoms with Gasteiger partial charge in [0.25, 0.3) is 5.91 Å². The Hall–Kier alpha value is -2.53. The average molecular weight is 234 g/mol. The second-order valence-electron chi connectivity index (χ2n) is 2.97. The Morgan fingerprint density at radius 1 is 1.47 bits per heavy atom. The van der Waals surface area contributed by atoms with Gasteiger partial charge in [0.05, 0.1) is 12.8 Å². The summed E-state index contributed by atoms with van der Waals surface area (Å²) in [7, 11) is 1.22. The van der Waals surface area contributed by atoms with Gasteiger partial charge in [0.2, 0.25) is 0 Å². The van der Waals surface area contributed by atoms with E-state index in [1.54, 1.807) is 12.1 Å². The molecule has 0 unspecified atom stereocenters. The van der Waals surface area contributed by atoms with E-state index in [0.717, 1.165) is 0 Å². The Morgan fingerprint density at radius 2 is 2.18 bits per heavy atom. The van der Waals surface area contributed by atoms with Gasteiger partial charge in [-0.1, -0.05) is 23.3 Å². The summed E-state index contributed by atoms with van der Waals surface area (Å²) in [5.41, 5.74) is 8.74. The van der Waals surface area contributed by atoms with Gasteiger partial charge in [-0.2, -0.15) is 0 Å². The summed E-state index contributed by atoms with van der Waals surface area (Å²) in [6.07, 6.45) is 0. The minimum Gasteiger partial charge on any atom is -0.468 e. The van der Waals surface area contributed by atoms with Crippen molar-refractivity contribution in [1.82, 2.24) is 5.32 Å². The monoisotopic (exact) mass is 234 g/mol. The fraction of sp³-hybridized carbons (Fsp3) is 0.200. The van der Waals surface area contributed by atoms with Crippen LogP contribution in [-0.2, 0) is 9.53 Å². The van der Waals surface area contributed by atoms with Crippen LogP contribution in [0.5, 0.6) is 0 Å². The summed E-state index contributed by atoms with van der Waals surface area (Å²) in [5, 5.41) is 5.73. The molecule has 0 radical (unpaired) electrons. The summed E-state index contributed by atoms with van der Waals surface area (Å²) in [5.74, 6) is -1.06. The molecule has 0 aliphatic carbocycles. The highest BCUT2D eigenvalue weighted by Crippen LogP contribution is 2.18. The smallest absolute Gasteiger partial charge is 0.325 e. The molecule has 7 heteroatoms. The number of amides is 1. The largest absolute Gasteiger partial charge is 0.468 e. The Morgan fingerprint density at radius 3 is 2.82 bits per heavy atom. The topological polar surface area (TPSA) is 104 Å².